The van der Waals surface area contributed by atoms with Gasteiger partial charge in [0.05, 0.1) is 36.5 Å². The van der Waals surface area contributed by atoms with E-state index >= 15 is 0 Å². The van der Waals surface area contributed by atoms with Crippen LogP contribution >= 0.6 is 0 Å². The van der Waals surface area contributed by atoms with E-state index in [0.717, 1.165) is 0 Å². The molecule has 0 aromatic heterocycles. The lowest BCUT2D eigenvalue weighted by Crippen LogP contribution is -2.23. The van der Waals surface area contributed by atoms with Crippen molar-refractivity contribution in [2.24, 2.45) is 29.7 Å². The van der Waals surface area contributed by atoms with E-state index in [9.17, 15) is 14.4 Å². The molecule has 0 fully saturated rings. The van der Waals surface area contributed by atoms with Crippen molar-refractivity contribution in [1.82, 2.24) is 0 Å². The number of benzene rings is 3. The van der Waals surface area contributed by atoms with Crippen LogP contribution in [0.1, 0.15) is 51.8 Å². The number of para-hydroxylation sites is 3. The van der Waals surface area contributed by atoms with Gasteiger partial charge < -0.3 is 14.2 Å². The van der Waals surface area contributed by atoms with Gasteiger partial charge in [-0.1, -0.05) is 36.4 Å². The molecule has 0 saturated heterocycles. The van der Waals surface area contributed by atoms with Crippen LogP contribution in [0.15, 0.2) is 102 Å². The Morgan fingerprint density at radius 3 is 1.07 bits per heavy atom. The van der Waals surface area contributed by atoms with Crippen molar-refractivity contribution in [3.8, 4) is 17.2 Å². The predicted octanol–water partition coefficient (Wildman–Crippen LogP) is 6.63. The number of rotatable bonds is 12. The van der Waals surface area contributed by atoms with Gasteiger partial charge in [0.25, 0.3) is 17.7 Å². The molecular weight excluding hydrogens is 544 g/mol. The summed E-state index contributed by atoms with van der Waals surface area (Å²) in [6, 6.07) is 19.6. The summed E-state index contributed by atoms with van der Waals surface area (Å²) in [7, 11) is -3.85. The third-order valence-corrected chi connectivity index (χ3v) is 6.68. The fraction of sp³-hybridized carbons (Fsp3) is 0.250. The molecule has 12 nitrogen and oxygen atoms in total. The van der Waals surface area contributed by atoms with Gasteiger partial charge in [-0.3, -0.25) is 14.4 Å². The van der Waals surface area contributed by atoms with E-state index in [1.165, 1.54) is 24.7 Å². The summed E-state index contributed by atoms with van der Waals surface area (Å²) < 4.78 is 28.7. The molecule has 0 aliphatic rings. The fourth-order valence-corrected chi connectivity index (χ4v) is 4.38. The molecule has 0 aliphatic heterocycles. The highest BCUT2D eigenvalue weighted by molar-refractivity contribution is 6.73. The van der Waals surface area contributed by atoms with Gasteiger partial charge in [0.2, 0.25) is 0 Å². The van der Waals surface area contributed by atoms with Gasteiger partial charge in [-0.05, 0) is 63.7 Å². The molecular formula is C28H30N6O6Si. The number of carbonyl (C=O) groups excluding carboxylic acids is 3. The zero-order valence-corrected chi connectivity index (χ0v) is 24.2. The monoisotopic (exact) mass is 574 g/mol. The minimum Gasteiger partial charge on any atom is -0.493 e. The van der Waals surface area contributed by atoms with E-state index in [0.29, 0.717) is 37.1 Å². The van der Waals surface area contributed by atoms with E-state index in [-0.39, 0.29) is 16.7 Å². The first-order valence-electron chi connectivity index (χ1n) is 12.9. The van der Waals surface area contributed by atoms with Crippen LogP contribution in [0.5, 0.6) is 17.2 Å². The maximum Gasteiger partial charge on any atom is 0.490 e. The Morgan fingerprint density at radius 1 is 0.537 bits per heavy atom. The maximum atomic E-state index is 12.9. The van der Waals surface area contributed by atoms with Gasteiger partial charge >= 0.3 is 8.56 Å². The van der Waals surface area contributed by atoms with Gasteiger partial charge in [0, 0.05) is 0 Å². The molecule has 0 aliphatic carbocycles. The zero-order chi connectivity index (χ0) is 29.7. The fourth-order valence-electron chi connectivity index (χ4n) is 3.42. The van der Waals surface area contributed by atoms with Crippen molar-refractivity contribution >= 4 is 26.3 Å². The average molecular weight is 575 g/mol. The Labute approximate surface area is 238 Å². The van der Waals surface area contributed by atoms with Crippen LogP contribution in [0.3, 0.4) is 0 Å². The van der Waals surface area contributed by atoms with Crippen molar-refractivity contribution < 1.29 is 28.6 Å². The summed E-state index contributed by atoms with van der Waals surface area (Å²) in [4.78, 5) is 38.7. The Morgan fingerprint density at radius 2 is 0.805 bits per heavy atom. The number of carbonyl (C=O) groups is 3. The Balaban J connectivity index is 1.97. The standard InChI is InChI=1S/C28H30N6O6Si/c1-5-38-23-17-11-8-14-20(23)26(35)29-32-41(4,33-30-27(36)21-15-9-12-18-24(21)39-6-2)34-31-28(37)22-16-10-13-19-25(22)40-7-3/h8-19H,5-7H2,1-4H3. The summed E-state index contributed by atoms with van der Waals surface area (Å²) in [6.07, 6.45) is 0. The number of hydrogen-bond donors (Lipinski definition) is 0. The summed E-state index contributed by atoms with van der Waals surface area (Å²) in [6.45, 7) is 7.81. The molecule has 0 heterocycles. The molecule has 3 rings (SSSR count). The molecule has 0 radical (unpaired) electrons. The van der Waals surface area contributed by atoms with Crippen LogP contribution in [-0.2, 0) is 0 Å². The largest absolute Gasteiger partial charge is 0.493 e. The van der Waals surface area contributed by atoms with Gasteiger partial charge in [-0.25, -0.2) is 0 Å². The second kappa shape index (κ2) is 15.0. The summed E-state index contributed by atoms with van der Waals surface area (Å²) in [5.41, 5.74) is 0.519. The van der Waals surface area contributed by atoms with E-state index in [1.54, 1.807) is 75.4 Å². The third-order valence-electron chi connectivity index (χ3n) is 5.24. The zero-order valence-electron chi connectivity index (χ0n) is 23.2. The lowest BCUT2D eigenvalue weighted by Gasteiger charge is -2.09. The third kappa shape index (κ3) is 8.53. The van der Waals surface area contributed by atoms with Crippen molar-refractivity contribution in [3.05, 3.63) is 89.5 Å². The average Bonchev–Trinajstić information content (AvgIpc) is 2.99. The maximum absolute atomic E-state index is 12.9. The minimum atomic E-state index is -3.85. The topological polar surface area (TPSA) is 153 Å². The lowest BCUT2D eigenvalue weighted by molar-refractivity contribution is 0.0985. The predicted molar refractivity (Wildman–Crippen MR) is 152 cm³/mol. The molecule has 41 heavy (non-hydrogen) atoms. The number of amides is 3. The van der Waals surface area contributed by atoms with Crippen LogP contribution in [0.4, 0.5) is 0 Å². The van der Waals surface area contributed by atoms with E-state index in [2.05, 4.69) is 29.7 Å². The van der Waals surface area contributed by atoms with E-state index in [1.807, 2.05) is 0 Å². The molecule has 0 saturated carbocycles. The highest BCUT2D eigenvalue weighted by Crippen LogP contribution is 2.23. The minimum absolute atomic E-state index is 0.173. The quantitative estimate of drug-likeness (QED) is 0.175. The molecule has 0 N–H and O–H groups in total. The van der Waals surface area contributed by atoms with Crippen LogP contribution in [0.2, 0.25) is 6.55 Å². The Hall–Kier alpha value is -4.91. The van der Waals surface area contributed by atoms with Crippen molar-refractivity contribution in [2.45, 2.75) is 27.3 Å². The van der Waals surface area contributed by atoms with Crippen molar-refractivity contribution in [1.29, 1.82) is 0 Å². The Kier molecular flexibility index (Phi) is 11.2. The second-order valence-corrected chi connectivity index (χ2v) is 10.8. The molecule has 0 bridgehead atoms. The second-order valence-electron chi connectivity index (χ2n) is 8.27. The molecule has 0 spiro atoms. The number of nitrogens with zero attached hydrogens (tertiary/aromatic N) is 6. The normalized spacial score (nSPS) is 12.9. The molecule has 212 valence electrons. The molecule has 3 aromatic carbocycles. The SMILES string of the molecule is CCOc1ccccc1C(=O)N=N[Si](C)(N=NC(=O)c1ccccc1OCC)N=NC(=O)c1ccccc1OCC. The molecule has 0 atom stereocenters. The van der Waals surface area contributed by atoms with Gasteiger partial charge in [0.15, 0.2) is 0 Å². The Bertz CT molecular complexity index is 1300. The van der Waals surface area contributed by atoms with E-state index < -0.39 is 26.3 Å². The molecule has 3 aromatic rings. The molecule has 3 amide bonds. The van der Waals surface area contributed by atoms with Gasteiger partial charge in [-0.15, -0.1) is 15.3 Å². The number of hydrogen-bond acceptors (Lipinski definition) is 9. The first-order chi connectivity index (χ1) is 19.8. The molecule has 13 heteroatoms. The first kappa shape index (κ1) is 30.6. The summed E-state index contributed by atoms with van der Waals surface area (Å²) in [5, 5.41) is 11.4. The van der Waals surface area contributed by atoms with Crippen LogP contribution in [-0.4, -0.2) is 46.1 Å². The highest BCUT2D eigenvalue weighted by atomic mass is 28.4. The van der Waals surface area contributed by atoms with Gasteiger partial charge in [0.1, 0.15) is 17.2 Å². The number of ether oxygens (including phenoxy) is 3. The van der Waals surface area contributed by atoms with Crippen molar-refractivity contribution in [3.63, 3.8) is 0 Å². The van der Waals surface area contributed by atoms with Crippen LogP contribution < -0.4 is 14.2 Å². The van der Waals surface area contributed by atoms with Gasteiger partial charge in [-0.2, -0.15) is 14.3 Å². The van der Waals surface area contributed by atoms with Crippen LogP contribution in [0.25, 0.3) is 0 Å². The summed E-state index contributed by atoms with van der Waals surface area (Å²) in [5.74, 6) is -1.18. The summed E-state index contributed by atoms with van der Waals surface area (Å²) >= 11 is 0. The lowest BCUT2D eigenvalue weighted by atomic mass is 10.2. The van der Waals surface area contributed by atoms with Crippen LogP contribution in [0, 0.1) is 0 Å². The van der Waals surface area contributed by atoms with Crippen molar-refractivity contribution in [2.75, 3.05) is 19.8 Å². The first-order valence-corrected chi connectivity index (χ1v) is 15.2. The highest BCUT2D eigenvalue weighted by Gasteiger charge is 2.32. The smallest absolute Gasteiger partial charge is 0.490 e. The molecule has 0 unspecified atom stereocenters. The van der Waals surface area contributed by atoms with E-state index in [4.69, 9.17) is 14.2 Å².